The lowest BCUT2D eigenvalue weighted by atomic mass is 10.1. The number of H-pyrrole nitrogens is 1. The number of benzene rings is 1. The second-order valence-corrected chi connectivity index (χ2v) is 9.46. The number of aromatic amines is 1. The molecule has 0 bridgehead atoms. The summed E-state index contributed by atoms with van der Waals surface area (Å²) in [4.78, 5) is 21.2. The number of thioether (sulfide) groups is 1. The Morgan fingerprint density at radius 2 is 2.13 bits per heavy atom. The smallest absolute Gasteiger partial charge is 0.260 e. The van der Waals surface area contributed by atoms with E-state index in [0.717, 1.165) is 22.0 Å². The fourth-order valence-corrected chi connectivity index (χ4v) is 5.36. The largest absolute Gasteiger partial charge is 0.464 e. The maximum Gasteiger partial charge on any atom is 0.260 e. The van der Waals surface area contributed by atoms with Crippen LogP contribution in [-0.2, 0) is 0 Å². The van der Waals surface area contributed by atoms with Gasteiger partial charge in [-0.25, -0.2) is 4.98 Å². The van der Waals surface area contributed by atoms with E-state index in [1.165, 1.54) is 28.7 Å². The van der Waals surface area contributed by atoms with Gasteiger partial charge in [0.1, 0.15) is 22.7 Å². The first kappa shape index (κ1) is 19.8. The SMILES string of the molecule is Cc1ccc(-n2cnnc2SC(C)c2nc3scc(-c4ccco4)c3c(=O)[nH]2)c(C)c1. The van der Waals surface area contributed by atoms with Crippen LogP contribution in [0.4, 0.5) is 0 Å². The van der Waals surface area contributed by atoms with E-state index in [9.17, 15) is 4.79 Å². The Hall–Kier alpha value is -3.17. The molecule has 4 aromatic heterocycles. The number of fused-ring (bicyclic) bond motifs is 1. The molecular weight excluding hydrogens is 430 g/mol. The summed E-state index contributed by atoms with van der Waals surface area (Å²) in [6.45, 7) is 6.14. The zero-order valence-electron chi connectivity index (χ0n) is 17.1. The number of nitrogens with one attached hydrogen (secondary N) is 1. The summed E-state index contributed by atoms with van der Waals surface area (Å²) in [6, 6.07) is 9.91. The van der Waals surface area contributed by atoms with Gasteiger partial charge in [0.2, 0.25) is 0 Å². The molecule has 9 heteroatoms. The van der Waals surface area contributed by atoms with Gasteiger partial charge in [-0.1, -0.05) is 29.5 Å². The Kier molecular flexibility index (Phi) is 4.99. The van der Waals surface area contributed by atoms with Gasteiger partial charge in [0.05, 0.1) is 22.6 Å². The lowest BCUT2D eigenvalue weighted by Crippen LogP contribution is -2.12. The van der Waals surface area contributed by atoms with E-state index >= 15 is 0 Å². The molecule has 0 fully saturated rings. The topological polar surface area (TPSA) is 89.6 Å². The summed E-state index contributed by atoms with van der Waals surface area (Å²) >= 11 is 2.94. The number of aromatic nitrogens is 5. The highest BCUT2D eigenvalue weighted by molar-refractivity contribution is 7.99. The van der Waals surface area contributed by atoms with Crippen molar-refractivity contribution < 1.29 is 4.42 Å². The monoisotopic (exact) mass is 449 g/mol. The molecule has 0 aliphatic rings. The molecule has 5 rings (SSSR count). The predicted octanol–water partition coefficient (Wildman–Crippen LogP) is 5.30. The molecule has 1 aromatic carbocycles. The van der Waals surface area contributed by atoms with Crippen LogP contribution in [0.5, 0.6) is 0 Å². The highest BCUT2D eigenvalue weighted by Crippen LogP contribution is 2.35. The van der Waals surface area contributed by atoms with Crippen molar-refractivity contribution in [1.29, 1.82) is 0 Å². The van der Waals surface area contributed by atoms with Gasteiger partial charge in [-0.05, 0) is 44.5 Å². The number of nitrogens with zero attached hydrogens (tertiary/aromatic N) is 4. The third kappa shape index (κ3) is 3.60. The molecule has 0 aliphatic carbocycles. The molecule has 1 N–H and O–H groups in total. The van der Waals surface area contributed by atoms with Crippen LogP contribution in [0.2, 0.25) is 0 Å². The van der Waals surface area contributed by atoms with Crippen LogP contribution in [0.3, 0.4) is 0 Å². The van der Waals surface area contributed by atoms with Crippen LogP contribution < -0.4 is 5.56 Å². The van der Waals surface area contributed by atoms with Gasteiger partial charge in [0, 0.05) is 10.9 Å². The molecule has 0 saturated carbocycles. The van der Waals surface area contributed by atoms with Crippen LogP contribution in [0.15, 0.2) is 62.7 Å². The van der Waals surface area contributed by atoms with Gasteiger partial charge < -0.3 is 9.40 Å². The molecule has 5 aromatic rings. The third-order valence-electron chi connectivity index (χ3n) is 5.04. The summed E-state index contributed by atoms with van der Waals surface area (Å²) < 4.78 is 7.43. The van der Waals surface area contributed by atoms with Crippen molar-refractivity contribution in [3.8, 4) is 17.0 Å². The quantitative estimate of drug-likeness (QED) is 0.367. The summed E-state index contributed by atoms with van der Waals surface area (Å²) in [5.41, 5.74) is 3.97. The highest BCUT2D eigenvalue weighted by atomic mass is 32.2. The number of hydrogen-bond donors (Lipinski definition) is 1. The second kappa shape index (κ2) is 7.82. The Balaban J connectivity index is 1.48. The average Bonchev–Trinajstić information content (AvgIpc) is 3.48. The molecule has 0 aliphatic heterocycles. The maximum atomic E-state index is 12.9. The molecule has 0 spiro atoms. The number of hydrogen-bond acceptors (Lipinski definition) is 7. The molecular formula is C22H19N5O2S2. The van der Waals surface area contributed by atoms with Gasteiger partial charge in [-0.3, -0.25) is 9.36 Å². The number of aryl methyl sites for hydroxylation is 2. The molecule has 156 valence electrons. The predicted molar refractivity (Wildman–Crippen MR) is 123 cm³/mol. The van der Waals surface area contributed by atoms with Gasteiger partial charge in [0.15, 0.2) is 5.16 Å². The van der Waals surface area contributed by atoms with Crippen molar-refractivity contribution in [2.45, 2.75) is 31.2 Å². The maximum absolute atomic E-state index is 12.9. The third-order valence-corrected chi connectivity index (χ3v) is 6.98. The Morgan fingerprint density at radius 3 is 2.90 bits per heavy atom. The van der Waals surface area contributed by atoms with Crippen molar-refractivity contribution in [3.05, 3.63) is 75.6 Å². The lowest BCUT2D eigenvalue weighted by molar-refractivity contribution is 0.583. The summed E-state index contributed by atoms with van der Waals surface area (Å²) in [6.07, 6.45) is 3.31. The van der Waals surface area contributed by atoms with E-state index < -0.39 is 0 Å². The van der Waals surface area contributed by atoms with E-state index in [2.05, 4.69) is 47.2 Å². The first-order valence-electron chi connectivity index (χ1n) is 9.71. The van der Waals surface area contributed by atoms with E-state index in [1.54, 1.807) is 18.7 Å². The molecule has 0 radical (unpaired) electrons. The minimum absolute atomic E-state index is 0.125. The fraction of sp³-hybridized carbons (Fsp3) is 0.182. The second-order valence-electron chi connectivity index (χ2n) is 7.29. The van der Waals surface area contributed by atoms with Gasteiger partial charge in [-0.2, -0.15) is 0 Å². The van der Waals surface area contributed by atoms with Crippen molar-refractivity contribution in [1.82, 2.24) is 24.7 Å². The van der Waals surface area contributed by atoms with E-state index in [4.69, 9.17) is 9.40 Å². The van der Waals surface area contributed by atoms with Crippen molar-refractivity contribution in [2.75, 3.05) is 0 Å². The number of rotatable bonds is 5. The van der Waals surface area contributed by atoms with Gasteiger partial charge in [0.25, 0.3) is 5.56 Å². The van der Waals surface area contributed by atoms with E-state index in [-0.39, 0.29) is 10.8 Å². The highest BCUT2D eigenvalue weighted by Gasteiger charge is 2.20. The minimum atomic E-state index is -0.170. The summed E-state index contributed by atoms with van der Waals surface area (Å²) in [5, 5.41) is 11.5. The van der Waals surface area contributed by atoms with Crippen LogP contribution in [0, 0.1) is 13.8 Å². The van der Waals surface area contributed by atoms with Crippen LogP contribution >= 0.6 is 23.1 Å². The first-order chi connectivity index (χ1) is 15.0. The fourth-order valence-electron chi connectivity index (χ4n) is 3.53. The van der Waals surface area contributed by atoms with E-state index in [1.807, 2.05) is 22.9 Å². The Morgan fingerprint density at radius 1 is 1.26 bits per heavy atom. The van der Waals surface area contributed by atoms with Crippen LogP contribution in [0.25, 0.3) is 27.2 Å². The summed E-state index contributed by atoms with van der Waals surface area (Å²) in [5.74, 6) is 1.26. The minimum Gasteiger partial charge on any atom is -0.464 e. The first-order valence-corrected chi connectivity index (χ1v) is 11.5. The zero-order valence-corrected chi connectivity index (χ0v) is 18.8. The molecule has 7 nitrogen and oxygen atoms in total. The molecule has 1 unspecified atom stereocenters. The van der Waals surface area contributed by atoms with Crippen molar-refractivity contribution >= 4 is 33.3 Å². The molecule has 4 heterocycles. The normalized spacial score (nSPS) is 12.5. The zero-order chi connectivity index (χ0) is 21.5. The molecule has 0 amide bonds. The van der Waals surface area contributed by atoms with E-state index in [0.29, 0.717) is 21.8 Å². The lowest BCUT2D eigenvalue weighted by Gasteiger charge is -2.13. The molecule has 1 atom stereocenters. The molecule has 31 heavy (non-hydrogen) atoms. The average molecular weight is 450 g/mol. The van der Waals surface area contributed by atoms with Gasteiger partial charge in [-0.15, -0.1) is 21.5 Å². The van der Waals surface area contributed by atoms with Crippen LogP contribution in [-0.4, -0.2) is 24.7 Å². The van der Waals surface area contributed by atoms with Gasteiger partial charge >= 0.3 is 0 Å². The Bertz CT molecular complexity index is 1430. The van der Waals surface area contributed by atoms with Crippen molar-refractivity contribution in [2.24, 2.45) is 0 Å². The van der Waals surface area contributed by atoms with Crippen LogP contribution in [0.1, 0.15) is 29.1 Å². The summed E-state index contributed by atoms with van der Waals surface area (Å²) in [7, 11) is 0. The Labute approximate surface area is 186 Å². The standard InChI is InChI=1S/C22H19N5O2S2/c1-12-6-7-16(13(2)9-12)27-11-23-26-22(27)31-14(3)19-24-20(28)18-15(10-30-21(18)25-19)17-5-4-8-29-17/h4-11,14H,1-3H3,(H,24,25,28). The number of thiophene rings is 1. The number of furan rings is 1. The molecule has 0 saturated heterocycles. The van der Waals surface area contributed by atoms with Crippen molar-refractivity contribution in [3.63, 3.8) is 0 Å².